The van der Waals surface area contributed by atoms with E-state index in [0.717, 1.165) is 16.9 Å². The molecule has 6 heteroatoms. The molecule has 6 nitrogen and oxygen atoms in total. The first kappa shape index (κ1) is 17.7. The number of aromatic amines is 1. The van der Waals surface area contributed by atoms with E-state index < -0.39 is 5.97 Å². The number of carbonyl (C=O) groups excluding carboxylic acids is 1. The lowest BCUT2D eigenvalue weighted by Gasteiger charge is -2.08. The highest BCUT2D eigenvalue weighted by Gasteiger charge is 2.18. The maximum absolute atomic E-state index is 11.9. The minimum absolute atomic E-state index is 0.173. The predicted octanol–water partition coefficient (Wildman–Crippen LogP) is 4.38. The van der Waals surface area contributed by atoms with Crippen LogP contribution in [0.1, 0.15) is 23.0 Å². The van der Waals surface area contributed by atoms with Gasteiger partial charge in [0.15, 0.2) is 5.69 Å². The van der Waals surface area contributed by atoms with E-state index in [1.54, 1.807) is 6.92 Å². The normalized spacial score (nSPS) is 10.8. The summed E-state index contributed by atoms with van der Waals surface area (Å²) < 4.78 is 10.9. The molecule has 1 heterocycles. The number of esters is 1. The molecule has 28 heavy (non-hydrogen) atoms. The first-order valence-electron chi connectivity index (χ1n) is 9.03. The van der Waals surface area contributed by atoms with Gasteiger partial charge in [-0.25, -0.2) is 4.79 Å². The van der Waals surface area contributed by atoms with E-state index in [0.29, 0.717) is 12.3 Å². The van der Waals surface area contributed by atoms with Crippen molar-refractivity contribution in [2.24, 2.45) is 0 Å². The highest BCUT2D eigenvalue weighted by atomic mass is 16.5. The van der Waals surface area contributed by atoms with Crippen LogP contribution in [0.15, 0.2) is 66.7 Å². The number of hydrogen-bond acceptors (Lipinski definition) is 5. The van der Waals surface area contributed by atoms with Gasteiger partial charge in [0.1, 0.15) is 18.1 Å². The van der Waals surface area contributed by atoms with E-state index >= 15 is 0 Å². The van der Waals surface area contributed by atoms with Gasteiger partial charge in [-0.15, -0.1) is 5.10 Å². The van der Waals surface area contributed by atoms with Crippen LogP contribution in [-0.2, 0) is 11.3 Å². The topological polar surface area (TPSA) is 77.1 Å². The molecule has 0 unspecified atom stereocenters. The molecule has 0 fully saturated rings. The van der Waals surface area contributed by atoms with Crippen molar-refractivity contribution in [2.45, 2.75) is 13.5 Å². The van der Waals surface area contributed by atoms with Crippen molar-refractivity contribution in [1.82, 2.24) is 15.4 Å². The molecule has 1 N–H and O–H groups in total. The average Bonchev–Trinajstić information content (AvgIpc) is 3.23. The molecule has 0 saturated carbocycles. The Morgan fingerprint density at radius 2 is 1.75 bits per heavy atom. The molecule has 0 radical (unpaired) electrons. The number of rotatable bonds is 6. The molecule has 0 aliphatic carbocycles. The molecule has 3 aromatic carbocycles. The summed E-state index contributed by atoms with van der Waals surface area (Å²) in [4.78, 5) is 11.9. The monoisotopic (exact) mass is 373 g/mol. The highest BCUT2D eigenvalue weighted by Crippen LogP contribution is 2.24. The second kappa shape index (κ2) is 7.92. The summed E-state index contributed by atoms with van der Waals surface area (Å²) in [6, 6.07) is 21.9. The van der Waals surface area contributed by atoms with E-state index in [1.807, 2.05) is 36.4 Å². The number of aromatic nitrogens is 3. The van der Waals surface area contributed by atoms with Crippen molar-refractivity contribution >= 4 is 16.7 Å². The smallest absolute Gasteiger partial charge is 0.361 e. The molecule has 1 aromatic heterocycles. The Labute approximate surface area is 162 Å². The number of nitrogens with zero attached hydrogens (tertiary/aromatic N) is 2. The molecule has 0 aliphatic rings. The molecule has 140 valence electrons. The van der Waals surface area contributed by atoms with Gasteiger partial charge in [0.05, 0.1) is 6.61 Å². The van der Waals surface area contributed by atoms with Crippen LogP contribution in [0.25, 0.3) is 22.0 Å². The maximum Gasteiger partial charge on any atom is 0.361 e. The van der Waals surface area contributed by atoms with Crippen molar-refractivity contribution in [3.8, 4) is 17.0 Å². The molecule has 4 rings (SSSR count). The zero-order valence-electron chi connectivity index (χ0n) is 15.4. The fraction of sp³-hybridized carbons (Fsp3) is 0.136. The van der Waals surface area contributed by atoms with Crippen LogP contribution in [0.5, 0.6) is 5.75 Å². The second-order valence-corrected chi connectivity index (χ2v) is 6.24. The fourth-order valence-corrected chi connectivity index (χ4v) is 2.98. The Morgan fingerprint density at radius 1 is 0.964 bits per heavy atom. The van der Waals surface area contributed by atoms with Crippen LogP contribution >= 0.6 is 0 Å². The molecule has 0 bridgehead atoms. The number of fused-ring (bicyclic) bond motifs is 1. The summed E-state index contributed by atoms with van der Waals surface area (Å²) in [7, 11) is 0. The molecular weight excluding hydrogens is 354 g/mol. The SMILES string of the molecule is CCOC(=O)c1n[nH]nc1-c1ccc(OCc2ccc3ccccc3c2)cc1. The third-order valence-corrected chi connectivity index (χ3v) is 4.36. The summed E-state index contributed by atoms with van der Waals surface area (Å²) in [6.07, 6.45) is 0. The average molecular weight is 373 g/mol. The Kier molecular flexibility index (Phi) is 5.01. The summed E-state index contributed by atoms with van der Waals surface area (Å²) >= 11 is 0. The van der Waals surface area contributed by atoms with Crippen molar-refractivity contribution in [3.05, 3.63) is 78.0 Å². The number of benzene rings is 3. The van der Waals surface area contributed by atoms with Crippen LogP contribution in [0.3, 0.4) is 0 Å². The van der Waals surface area contributed by atoms with Gasteiger partial charge in [-0.1, -0.05) is 36.4 Å². The number of H-pyrrole nitrogens is 1. The Morgan fingerprint density at radius 3 is 2.54 bits per heavy atom. The van der Waals surface area contributed by atoms with Gasteiger partial charge < -0.3 is 9.47 Å². The van der Waals surface area contributed by atoms with Crippen LogP contribution in [0, 0.1) is 0 Å². The molecule has 0 aliphatic heterocycles. The van der Waals surface area contributed by atoms with Gasteiger partial charge in [-0.05, 0) is 53.6 Å². The molecule has 4 aromatic rings. The minimum atomic E-state index is -0.497. The number of hydrogen-bond donors (Lipinski definition) is 1. The van der Waals surface area contributed by atoms with Gasteiger partial charge in [0, 0.05) is 5.56 Å². The maximum atomic E-state index is 11.9. The van der Waals surface area contributed by atoms with E-state index in [2.05, 4.69) is 45.7 Å². The third-order valence-electron chi connectivity index (χ3n) is 4.36. The summed E-state index contributed by atoms with van der Waals surface area (Å²) in [5, 5.41) is 12.8. The predicted molar refractivity (Wildman–Crippen MR) is 106 cm³/mol. The molecule has 0 spiro atoms. The molecule has 0 atom stereocenters. The highest BCUT2D eigenvalue weighted by molar-refractivity contribution is 5.93. The van der Waals surface area contributed by atoms with E-state index in [4.69, 9.17) is 9.47 Å². The quantitative estimate of drug-likeness (QED) is 0.508. The fourth-order valence-electron chi connectivity index (χ4n) is 2.98. The van der Waals surface area contributed by atoms with Crippen LogP contribution < -0.4 is 4.74 Å². The second-order valence-electron chi connectivity index (χ2n) is 6.24. The van der Waals surface area contributed by atoms with Gasteiger partial charge in [-0.3, -0.25) is 0 Å². The summed E-state index contributed by atoms with van der Waals surface area (Å²) in [5.74, 6) is 0.237. The van der Waals surface area contributed by atoms with Crippen molar-refractivity contribution < 1.29 is 14.3 Å². The van der Waals surface area contributed by atoms with Crippen molar-refractivity contribution in [1.29, 1.82) is 0 Å². The largest absolute Gasteiger partial charge is 0.489 e. The first-order chi connectivity index (χ1) is 13.7. The third kappa shape index (κ3) is 3.71. The minimum Gasteiger partial charge on any atom is -0.489 e. The standard InChI is InChI=1S/C22H19N3O3/c1-2-27-22(26)21-20(23-25-24-21)17-9-11-19(12-10-17)28-14-15-7-8-16-5-3-4-6-18(16)13-15/h3-13H,2,14H2,1H3,(H,23,24,25). The number of carbonyl (C=O) groups is 1. The lowest BCUT2D eigenvalue weighted by atomic mass is 10.1. The van der Waals surface area contributed by atoms with Crippen LogP contribution in [0.2, 0.25) is 0 Å². The zero-order chi connectivity index (χ0) is 19.3. The molecular formula is C22H19N3O3. The van der Waals surface area contributed by atoms with Gasteiger partial charge in [0.2, 0.25) is 0 Å². The van der Waals surface area contributed by atoms with Crippen molar-refractivity contribution in [2.75, 3.05) is 6.61 Å². The van der Waals surface area contributed by atoms with Crippen LogP contribution in [0.4, 0.5) is 0 Å². The summed E-state index contributed by atoms with van der Waals surface area (Å²) in [6.45, 7) is 2.51. The van der Waals surface area contributed by atoms with Crippen molar-refractivity contribution in [3.63, 3.8) is 0 Å². The Bertz CT molecular complexity index is 1100. The molecule has 0 amide bonds. The Balaban J connectivity index is 1.46. The van der Waals surface area contributed by atoms with E-state index in [9.17, 15) is 4.79 Å². The first-order valence-corrected chi connectivity index (χ1v) is 9.03. The molecule has 0 saturated heterocycles. The number of nitrogens with one attached hydrogen (secondary N) is 1. The zero-order valence-corrected chi connectivity index (χ0v) is 15.4. The Hall–Kier alpha value is -3.67. The lowest BCUT2D eigenvalue weighted by molar-refractivity contribution is 0.0520. The van der Waals surface area contributed by atoms with E-state index in [-0.39, 0.29) is 12.3 Å². The van der Waals surface area contributed by atoms with Gasteiger partial charge >= 0.3 is 5.97 Å². The van der Waals surface area contributed by atoms with Gasteiger partial charge in [-0.2, -0.15) is 10.3 Å². The number of ether oxygens (including phenoxy) is 2. The van der Waals surface area contributed by atoms with Gasteiger partial charge in [0.25, 0.3) is 0 Å². The summed E-state index contributed by atoms with van der Waals surface area (Å²) in [5.41, 5.74) is 2.49. The van der Waals surface area contributed by atoms with Crippen LogP contribution in [-0.4, -0.2) is 28.0 Å². The lowest BCUT2D eigenvalue weighted by Crippen LogP contribution is -2.06. The van der Waals surface area contributed by atoms with E-state index in [1.165, 1.54) is 10.8 Å².